The van der Waals surface area contributed by atoms with Crippen LogP contribution in [0.15, 0.2) is 48.5 Å². The minimum atomic E-state index is -1.26. The summed E-state index contributed by atoms with van der Waals surface area (Å²) in [6.07, 6.45) is 1.72. The van der Waals surface area contributed by atoms with Gasteiger partial charge in [-0.2, -0.15) is 0 Å². The quantitative estimate of drug-likeness (QED) is 0.176. The summed E-state index contributed by atoms with van der Waals surface area (Å²) in [6.45, 7) is 5.86. The van der Waals surface area contributed by atoms with Crippen molar-refractivity contribution < 1.29 is 46.8 Å². The van der Waals surface area contributed by atoms with E-state index in [2.05, 4.69) is 5.32 Å². The third-order valence-corrected chi connectivity index (χ3v) is 8.18. The summed E-state index contributed by atoms with van der Waals surface area (Å²) in [5, 5.41) is 2.33. The van der Waals surface area contributed by atoms with Crippen LogP contribution in [0.25, 0.3) is 11.1 Å². The number of methoxy groups -OCH3 is 1. The number of nitrogens with one attached hydrogen (secondary N) is 1. The summed E-state index contributed by atoms with van der Waals surface area (Å²) in [5.41, 5.74) is -1.62. The topological polar surface area (TPSA) is 102 Å². The van der Waals surface area contributed by atoms with Gasteiger partial charge >= 0.3 is 12.1 Å². The van der Waals surface area contributed by atoms with Crippen LogP contribution in [0.1, 0.15) is 61.5 Å². The van der Waals surface area contributed by atoms with E-state index in [9.17, 15) is 9.59 Å². The van der Waals surface area contributed by atoms with Gasteiger partial charge in [0.1, 0.15) is 23.8 Å². The van der Waals surface area contributed by atoms with Crippen LogP contribution < -0.4 is 14.8 Å². The Bertz CT molecular complexity index is 1610. The summed E-state index contributed by atoms with van der Waals surface area (Å²) >= 11 is 6.59. The van der Waals surface area contributed by atoms with Crippen molar-refractivity contribution in [3.63, 3.8) is 0 Å². The first-order valence-electron chi connectivity index (χ1n) is 15.4. The highest BCUT2D eigenvalue weighted by molar-refractivity contribution is 6.34. The van der Waals surface area contributed by atoms with E-state index in [0.29, 0.717) is 17.7 Å². The molecule has 47 heavy (non-hydrogen) atoms. The number of benzene rings is 3. The third-order valence-electron chi connectivity index (χ3n) is 7.82. The lowest BCUT2D eigenvalue weighted by molar-refractivity contribution is -0.165. The number of fused-ring (bicyclic) bond motifs is 1. The SMILES string of the molecule is COC(=O)c1ccc(OCCO[C@@H]2CCCCO2)c(F)c1-c1c(Cl)c(F)cc2c1C[C@@](CNC(=O)OC(C)(C)C)(c1ccccc1)O2. The van der Waals surface area contributed by atoms with E-state index in [4.69, 9.17) is 40.0 Å². The van der Waals surface area contributed by atoms with Crippen molar-refractivity contribution in [1.29, 1.82) is 0 Å². The van der Waals surface area contributed by atoms with Crippen molar-refractivity contribution in [2.75, 3.05) is 33.5 Å². The van der Waals surface area contributed by atoms with Gasteiger partial charge in [-0.15, -0.1) is 0 Å². The first-order chi connectivity index (χ1) is 22.4. The minimum absolute atomic E-state index is 0.0145. The number of ether oxygens (including phenoxy) is 6. The van der Waals surface area contributed by atoms with Crippen molar-refractivity contribution in [1.82, 2.24) is 5.32 Å². The van der Waals surface area contributed by atoms with Crippen LogP contribution in [0, 0.1) is 11.6 Å². The predicted octanol–water partition coefficient (Wildman–Crippen LogP) is 7.35. The number of hydrogen-bond acceptors (Lipinski definition) is 8. The molecule has 3 aromatic rings. The maximum Gasteiger partial charge on any atom is 0.407 e. The molecule has 2 heterocycles. The molecule has 2 aliphatic rings. The molecule has 2 atom stereocenters. The van der Waals surface area contributed by atoms with E-state index in [-0.39, 0.29) is 60.7 Å². The van der Waals surface area contributed by atoms with E-state index in [1.54, 1.807) is 45.0 Å². The lowest BCUT2D eigenvalue weighted by Crippen LogP contribution is -2.45. The van der Waals surface area contributed by atoms with Crippen LogP contribution in [0.4, 0.5) is 13.6 Å². The van der Waals surface area contributed by atoms with Crippen LogP contribution in [-0.4, -0.2) is 57.4 Å². The van der Waals surface area contributed by atoms with Crippen LogP contribution in [0.3, 0.4) is 0 Å². The lowest BCUT2D eigenvalue weighted by Gasteiger charge is -2.30. The van der Waals surface area contributed by atoms with E-state index < -0.39 is 39.9 Å². The molecule has 1 N–H and O–H groups in total. The van der Waals surface area contributed by atoms with Gasteiger partial charge in [0.15, 0.2) is 23.5 Å². The molecule has 12 heteroatoms. The van der Waals surface area contributed by atoms with E-state index in [1.807, 2.05) is 6.07 Å². The Morgan fingerprint density at radius 3 is 2.51 bits per heavy atom. The molecule has 252 valence electrons. The minimum Gasteiger partial charge on any atom is -0.488 e. The average molecular weight is 674 g/mol. The molecule has 9 nitrogen and oxygen atoms in total. The van der Waals surface area contributed by atoms with Gasteiger partial charge in [0.2, 0.25) is 0 Å². The second-order valence-corrected chi connectivity index (χ2v) is 12.7. The van der Waals surface area contributed by atoms with Gasteiger partial charge in [0, 0.05) is 35.8 Å². The van der Waals surface area contributed by atoms with E-state index >= 15 is 8.78 Å². The largest absolute Gasteiger partial charge is 0.488 e. The molecule has 5 rings (SSSR count). The van der Waals surface area contributed by atoms with Crippen LogP contribution in [0.5, 0.6) is 11.5 Å². The van der Waals surface area contributed by atoms with Crippen molar-refractivity contribution in [3.05, 3.63) is 81.9 Å². The number of amides is 1. The number of rotatable bonds is 10. The highest BCUT2D eigenvalue weighted by Crippen LogP contribution is 2.50. The summed E-state index contributed by atoms with van der Waals surface area (Å²) in [6, 6.07) is 12.8. The molecule has 1 fully saturated rings. The number of halogens is 3. The van der Waals surface area contributed by atoms with Gasteiger partial charge in [0.05, 0.1) is 30.8 Å². The van der Waals surface area contributed by atoms with Gasteiger partial charge in [0.25, 0.3) is 0 Å². The Kier molecular flexibility index (Phi) is 10.6. The monoisotopic (exact) mass is 673 g/mol. The fraction of sp³-hybridized carbons (Fsp3) is 0.429. The molecule has 1 saturated heterocycles. The fourth-order valence-electron chi connectivity index (χ4n) is 5.70. The maximum atomic E-state index is 16.5. The molecule has 1 amide bonds. The molecule has 0 aromatic heterocycles. The molecule has 0 aliphatic carbocycles. The smallest absolute Gasteiger partial charge is 0.407 e. The van der Waals surface area contributed by atoms with Gasteiger partial charge in [-0.25, -0.2) is 18.4 Å². The third kappa shape index (κ3) is 7.80. The summed E-state index contributed by atoms with van der Waals surface area (Å²) < 4.78 is 65.8. The number of alkyl carbamates (subject to hydrolysis) is 1. The zero-order valence-corrected chi connectivity index (χ0v) is 27.5. The van der Waals surface area contributed by atoms with Gasteiger partial charge in [-0.1, -0.05) is 41.9 Å². The zero-order valence-electron chi connectivity index (χ0n) is 26.8. The molecule has 0 spiro atoms. The Morgan fingerprint density at radius 2 is 1.83 bits per heavy atom. The van der Waals surface area contributed by atoms with Gasteiger partial charge in [-0.3, -0.25) is 0 Å². The summed E-state index contributed by atoms with van der Waals surface area (Å²) in [5.74, 6) is -2.83. The van der Waals surface area contributed by atoms with Crippen molar-refractivity contribution in [2.45, 2.75) is 63.9 Å². The van der Waals surface area contributed by atoms with Gasteiger partial charge in [-0.05, 0) is 57.7 Å². The van der Waals surface area contributed by atoms with Crippen LogP contribution >= 0.6 is 11.6 Å². The molecule has 0 bridgehead atoms. The Hall–Kier alpha value is -3.93. The Balaban J connectivity index is 1.53. The second-order valence-electron chi connectivity index (χ2n) is 12.3. The van der Waals surface area contributed by atoms with Crippen molar-refractivity contribution in [2.24, 2.45) is 0 Å². The normalized spacial score (nSPS) is 19.0. The van der Waals surface area contributed by atoms with Gasteiger partial charge < -0.3 is 33.7 Å². The highest BCUT2D eigenvalue weighted by Gasteiger charge is 2.45. The molecule has 0 radical (unpaired) electrons. The molecular formula is C35H38ClF2NO8. The first-order valence-corrected chi connectivity index (χ1v) is 15.8. The lowest BCUT2D eigenvalue weighted by atomic mass is 9.85. The number of esters is 1. The van der Waals surface area contributed by atoms with E-state index in [0.717, 1.165) is 32.4 Å². The molecule has 2 aliphatic heterocycles. The van der Waals surface area contributed by atoms with E-state index in [1.165, 1.54) is 12.1 Å². The Labute approximate surface area is 277 Å². The second kappa shape index (κ2) is 14.5. The molecule has 0 unspecified atom stereocenters. The maximum absolute atomic E-state index is 16.5. The molecule has 3 aromatic carbocycles. The zero-order chi connectivity index (χ0) is 33.8. The molecule has 0 saturated carbocycles. The highest BCUT2D eigenvalue weighted by atomic mass is 35.5. The number of hydrogen-bond donors (Lipinski definition) is 1. The molecular weight excluding hydrogens is 636 g/mol. The van der Waals surface area contributed by atoms with Crippen LogP contribution in [0.2, 0.25) is 5.02 Å². The number of carbonyl (C=O) groups excluding carboxylic acids is 2. The first kappa shape index (κ1) is 34.4. The number of carbonyl (C=O) groups is 2. The standard InChI is InChI=1S/C35H38ClF2NO8/c1-34(2,3)47-33(41)39-20-35(21-10-6-5-7-11-21)19-23-26(46-35)18-24(37)30(36)28(23)29-22(32(40)42-4)13-14-25(31(29)38)43-16-17-45-27-12-8-9-15-44-27/h5-7,10-11,13-14,18,27H,8-9,12,15-17,19-20H2,1-4H3,(H,39,41)/t27-,35-/m1/s1. The fourth-order valence-corrected chi connectivity index (χ4v) is 5.96. The Morgan fingerprint density at radius 1 is 1.06 bits per heavy atom. The average Bonchev–Trinajstić information content (AvgIpc) is 3.42. The summed E-state index contributed by atoms with van der Waals surface area (Å²) in [7, 11) is 1.16. The van der Waals surface area contributed by atoms with Crippen LogP contribution in [-0.2, 0) is 31.0 Å². The van der Waals surface area contributed by atoms with Crippen molar-refractivity contribution in [3.8, 4) is 22.6 Å². The van der Waals surface area contributed by atoms with Crippen molar-refractivity contribution >= 4 is 23.7 Å². The summed E-state index contributed by atoms with van der Waals surface area (Å²) in [4.78, 5) is 25.6. The predicted molar refractivity (Wildman–Crippen MR) is 170 cm³/mol.